The molecule has 0 aliphatic rings. The van der Waals surface area contributed by atoms with E-state index >= 15 is 0 Å². The van der Waals surface area contributed by atoms with Crippen molar-refractivity contribution in [3.8, 4) is 5.69 Å². The van der Waals surface area contributed by atoms with Crippen LogP contribution in [0.5, 0.6) is 0 Å². The van der Waals surface area contributed by atoms with E-state index in [0.29, 0.717) is 6.42 Å². The molecule has 0 spiro atoms. The normalized spacial score (nSPS) is 13.0. The fourth-order valence-corrected chi connectivity index (χ4v) is 3.63. The second-order valence-electron chi connectivity index (χ2n) is 7.48. The lowest BCUT2D eigenvalue weighted by atomic mass is 10.0. The zero-order chi connectivity index (χ0) is 21.8. The number of fused-ring (bicyclic) bond motifs is 1. The van der Waals surface area contributed by atoms with Crippen LogP contribution in [0.25, 0.3) is 16.6 Å². The minimum Gasteiger partial charge on any atom is -0.361 e. The summed E-state index contributed by atoms with van der Waals surface area (Å²) in [5, 5.41) is 11.0. The predicted octanol–water partition coefficient (Wildman–Crippen LogP) is 2.67. The van der Waals surface area contributed by atoms with Crippen LogP contribution in [0.15, 0.2) is 67.4 Å². The number of carbonyl (C=O) groups excluding carboxylic acids is 2. The fourth-order valence-electron chi connectivity index (χ4n) is 3.63. The molecule has 4 aromatic rings. The summed E-state index contributed by atoms with van der Waals surface area (Å²) in [4.78, 5) is 31.9. The lowest BCUT2D eigenvalue weighted by molar-refractivity contribution is -0.128. The Morgan fingerprint density at radius 1 is 1.10 bits per heavy atom. The van der Waals surface area contributed by atoms with Gasteiger partial charge in [-0.25, -0.2) is 9.67 Å². The van der Waals surface area contributed by atoms with E-state index < -0.39 is 6.04 Å². The summed E-state index contributed by atoms with van der Waals surface area (Å²) in [6, 6.07) is 14.7. The van der Waals surface area contributed by atoms with E-state index in [0.717, 1.165) is 27.7 Å². The third-order valence-electron chi connectivity index (χ3n) is 5.23. The van der Waals surface area contributed by atoms with Crippen molar-refractivity contribution in [3.05, 3.63) is 78.5 Å². The van der Waals surface area contributed by atoms with Crippen LogP contribution in [0.3, 0.4) is 0 Å². The maximum Gasteiger partial charge on any atom is 0.243 e. The molecule has 0 saturated heterocycles. The van der Waals surface area contributed by atoms with Crippen molar-refractivity contribution in [2.45, 2.75) is 32.4 Å². The predicted molar refractivity (Wildman–Crippen MR) is 118 cm³/mol. The summed E-state index contributed by atoms with van der Waals surface area (Å²) in [5.74, 6) is -0.474. The van der Waals surface area contributed by atoms with Gasteiger partial charge in [-0.15, -0.1) is 0 Å². The van der Waals surface area contributed by atoms with Gasteiger partial charge in [0.15, 0.2) is 0 Å². The maximum absolute atomic E-state index is 13.0. The SMILES string of the molecule is CC(=O)N[C@@H](Cc1c[nH]c2ccccc12)C(=O)NC(C)c1ccc(-n2cncn2)cc1. The zero-order valence-electron chi connectivity index (χ0n) is 17.4. The minimum atomic E-state index is -0.673. The lowest BCUT2D eigenvalue weighted by Crippen LogP contribution is -2.47. The van der Waals surface area contributed by atoms with E-state index in [1.807, 2.05) is 61.7 Å². The summed E-state index contributed by atoms with van der Waals surface area (Å²) in [6.45, 7) is 3.33. The number of amides is 2. The number of aromatic nitrogens is 4. The van der Waals surface area contributed by atoms with Crippen molar-refractivity contribution in [3.63, 3.8) is 0 Å². The summed E-state index contributed by atoms with van der Waals surface area (Å²) >= 11 is 0. The Kier molecular flexibility index (Phi) is 5.79. The van der Waals surface area contributed by atoms with Crippen LogP contribution in [-0.2, 0) is 16.0 Å². The van der Waals surface area contributed by atoms with E-state index in [2.05, 4.69) is 25.7 Å². The van der Waals surface area contributed by atoms with Gasteiger partial charge in [-0.3, -0.25) is 9.59 Å². The fraction of sp³-hybridized carbons (Fsp3) is 0.217. The summed E-state index contributed by atoms with van der Waals surface area (Å²) in [6.07, 6.45) is 5.39. The minimum absolute atomic E-state index is 0.225. The van der Waals surface area contributed by atoms with Crippen LogP contribution in [0.4, 0.5) is 0 Å². The third-order valence-corrected chi connectivity index (χ3v) is 5.23. The second-order valence-corrected chi connectivity index (χ2v) is 7.48. The van der Waals surface area contributed by atoms with Gasteiger partial charge in [0, 0.05) is 30.4 Å². The molecule has 0 bridgehead atoms. The lowest BCUT2D eigenvalue weighted by Gasteiger charge is -2.21. The van der Waals surface area contributed by atoms with Gasteiger partial charge in [0.05, 0.1) is 11.7 Å². The summed E-state index contributed by atoms with van der Waals surface area (Å²) < 4.78 is 1.67. The number of nitrogens with one attached hydrogen (secondary N) is 3. The topological polar surface area (TPSA) is 105 Å². The molecule has 4 rings (SSSR count). The number of hydrogen-bond donors (Lipinski definition) is 3. The molecule has 2 heterocycles. The smallest absolute Gasteiger partial charge is 0.243 e. The van der Waals surface area contributed by atoms with Gasteiger partial charge in [-0.1, -0.05) is 30.3 Å². The molecule has 31 heavy (non-hydrogen) atoms. The third kappa shape index (κ3) is 4.63. The first-order chi connectivity index (χ1) is 15.0. The molecule has 158 valence electrons. The van der Waals surface area contributed by atoms with Crippen molar-refractivity contribution in [1.29, 1.82) is 0 Å². The van der Waals surface area contributed by atoms with E-state index in [4.69, 9.17) is 0 Å². The molecule has 2 aromatic carbocycles. The van der Waals surface area contributed by atoms with Crippen LogP contribution >= 0.6 is 0 Å². The maximum atomic E-state index is 13.0. The van der Waals surface area contributed by atoms with E-state index in [-0.39, 0.29) is 17.9 Å². The standard InChI is InChI=1S/C23H24N6O2/c1-15(17-7-9-19(10-8-17)29-14-24-13-26-29)27-23(31)22(28-16(2)30)11-18-12-25-21-6-4-3-5-20(18)21/h3-10,12-15,22,25H,11H2,1-2H3,(H,27,31)(H,28,30)/t15?,22-/m0/s1. The molecule has 0 aliphatic heterocycles. The van der Waals surface area contributed by atoms with E-state index in [9.17, 15) is 9.59 Å². The van der Waals surface area contributed by atoms with Gasteiger partial charge in [-0.2, -0.15) is 5.10 Å². The second kappa shape index (κ2) is 8.83. The molecule has 2 amide bonds. The Morgan fingerprint density at radius 3 is 2.58 bits per heavy atom. The van der Waals surface area contributed by atoms with Crippen LogP contribution in [0.1, 0.15) is 31.0 Å². The Hall–Kier alpha value is -3.94. The average molecular weight is 416 g/mol. The van der Waals surface area contributed by atoms with Crippen LogP contribution in [-0.4, -0.2) is 37.6 Å². The number of hydrogen-bond acceptors (Lipinski definition) is 4. The first-order valence-electron chi connectivity index (χ1n) is 10.1. The Bertz CT molecular complexity index is 1180. The quantitative estimate of drug-likeness (QED) is 0.431. The molecule has 1 unspecified atom stereocenters. The first kappa shape index (κ1) is 20.3. The molecule has 8 heteroatoms. The molecule has 2 aromatic heterocycles. The highest BCUT2D eigenvalue weighted by molar-refractivity contribution is 5.89. The van der Waals surface area contributed by atoms with Crippen molar-refractivity contribution in [2.24, 2.45) is 0 Å². The molecular formula is C23H24N6O2. The molecule has 0 radical (unpaired) electrons. The first-order valence-corrected chi connectivity index (χ1v) is 10.1. The Morgan fingerprint density at radius 2 is 1.87 bits per heavy atom. The van der Waals surface area contributed by atoms with Crippen molar-refractivity contribution >= 4 is 22.7 Å². The molecular weight excluding hydrogens is 392 g/mol. The van der Waals surface area contributed by atoms with Crippen molar-refractivity contribution in [1.82, 2.24) is 30.4 Å². The van der Waals surface area contributed by atoms with Crippen molar-refractivity contribution in [2.75, 3.05) is 0 Å². The number of H-pyrrole nitrogens is 1. The highest BCUT2D eigenvalue weighted by atomic mass is 16.2. The van der Waals surface area contributed by atoms with Gasteiger partial charge in [0.25, 0.3) is 0 Å². The van der Waals surface area contributed by atoms with Gasteiger partial charge < -0.3 is 15.6 Å². The Labute approximate surface area is 179 Å². The van der Waals surface area contributed by atoms with Gasteiger partial charge in [0.2, 0.25) is 11.8 Å². The molecule has 2 atom stereocenters. The van der Waals surface area contributed by atoms with Gasteiger partial charge in [0.1, 0.15) is 18.7 Å². The Balaban J connectivity index is 1.47. The van der Waals surface area contributed by atoms with E-state index in [1.165, 1.54) is 13.3 Å². The number of para-hydroxylation sites is 1. The van der Waals surface area contributed by atoms with Crippen LogP contribution in [0.2, 0.25) is 0 Å². The van der Waals surface area contributed by atoms with E-state index in [1.54, 1.807) is 11.0 Å². The molecule has 0 aliphatic carbocycles. The molecule has 8 nitrogen and oxygen atoms in total. The number of carbonyl (C=O) groups is 2. The van der Waals surface area contributed by atoms with Crippen LogP contribution < -0.4 is 10.6 Å². The van der Waals surface area contributed by atoms with Crippen LogP contribution in [0, 0.1) is 0 Å². The molecule has 0 fully saturated rings. The summed E-state index contributed by atoms with van der Waals surface area (Å²) in [5.41, 5.74) is 3.82. The summed E-state index contributed by atoms with van der Waals surface area (Å²) in [7, 11) is 0. The highest BCUT2D eigenvalue weighted by Gasteiger charge is 2.23. The average Bonchev–Trinajstić information content (AvgIpc) is 3.44. The van der Waals surface area contributed by atoms with Gasteiger partial charge >= 0.3 is 0 Å². The molecule has 0 saturated carbocycles. The zero-order valence-corrected chi connectivity index (χ0v) is 17.4. The number of rotatable bonds is 7. The number of benzene rings is 2. The van der Waals surface area contributed by atoms with Crippen molar-refractivity contribution < 1.29 is 9.59 Å². The number of nitrogens with zero attached hydrogens (tertiary/aromatic N) is 3. The molecule has 3 N–H and O–H groups in total. The largest absolute Gasteiger partial charge is 0.361 e. The monoisotopic (exact) mass is 416 g/mol. The van der Waals surface area contributed by atoms with Gasteiger partial charge in [-0.05, 0) is 36.2 Å². The number of aromatic amines is 1. The highest BCUT2D eigenvalue weighted by Crippen LogP contribution is 2.20.